The summed E-state index contributed by atoms with van der Waals surface area (Å²) < 4.78 is 5.77. The Morgan fingerprint density at radius 1 is 1.18 bits per heavy atom. The fourth-order valence-electron chi connectivity index (χ4n) is 2.62. The van der Waals surface area contributed by atoms with Gasteiger partial charge in [0, 0.05) is 19.2 Å². The Morgan fingerprint density at radius 2 is 2.00 bits per heavy atom. The van der Waals surface area contributed by atoms with Crippen LogP contribution in [-0.4, -0.2) is 36.2 Å². The molecule has 116 valence electrons. The van der Waals surface area contributed by atoms with Crippen LogP contribution in [0.4, 0.5) is 11.6 Å². The minimum absolute atomic E-state index is 0.605. The fraction of sp³-hybridized carbons (Fsp3) is 0.412. The van der Waals surface area contributed by atoms with Crippen LogP contribution in [0.5, 0.6) is 5.75 Å². The first-order chi connectivity index (χ1) is 10.8. The number of para-hydroxylation sites is 1. The molecular weight excluding hydrogens is 276 g/mol. The van der Waals surface area contributed by atoms with E-state index in [0.717, 1.165) is 36.0 Å². The van der Waals surface area contributed by atoms with Gasteiger partial charge in [0.2, 0.25) is 0 Å². The van der Waals surface area contributed by atoms with Crippen LogP contribution in [0.3, 0.4) is 0 Å². The molecule has 1 N–H and O–H groups in total. The Kier molecular flexibility index (Phi) is 4.73. The largest absolute Gasteiger partial charge is 0.491 e. The van der Waals surface area contributed by atoms with Gasteiger partial charge in [-0.15, -0.1) is 0 Å². The minimum Gasteiger partial charge on any atom is -0.491 e. The normalized spacial score (nSPS) is 14.1. The van der Waals surface area contributed by atoms with Gasteiger partial charge in [0.15, 0.2) is 0 Å². The van der Waals surface area contributed by atoms with Crippen molar-refractivity contribution < 1.29 is 4.74 Å². The number of nitrogens with one attached hydrogen (secondary N) is 1. The van der Waals surface area contributed by atoms with E-state index in [1.165, 1.54) is 12.8 Å². The number of nitrogens with zero attached hydrogens (tertiary/aromatic N) is 3. The Balaban J connectivity index is 1.49. The maximum Gasteiger partial charge on any atom is 0.134 e. The number of aryl methyl sites for hydroxylation is 1. The molecule has 3 rings (SSSR count). The highest BCUT2D eigenvalue weighted by Crippen LogP contribution is 2.19. The number of aromatic nitrogens is 2. The van der Waals surface area contributed by atoms with E-state index in [9.17, 15) is 0 Å². The third-order valence-electron chi connectivity index (χ3n) is 3.84. The number of hydrogen-bond acceptors (Lipinski definition) is 5. The van der Waals surface area contributed by atoms with Crippen molar-refractivity contribution >= 4 is 11.6 Å². The van der Waals surface area contributed by atoms with Crippen molar-refractivity contribution in [2.75, 3.05) is 36.5 Å². The maximum absolute atomic E-state index is 5.77. The highest BCUT2D eigenvalue weighted by atomic mass is 16.5. The molecule has 0 saturated carbocycles. The molecule has 1 aromatic heterocycles. The second-order valence-electron chi connectivity index (χ2n) is 5.50. The van der Waals surface area contributed by atoms with E-state index in [1.807, 2.05) is 24.3 Å². The topological polar surface area (TPSA) is 50.3 Å². The van der Waals surface area contributed by atoms with Gasteiger partial charge in [-0.25, -0.2) is 9.97 Å². The van der Waals surface area contributed by atoms with Gasteiger partial charge in [-0.1, -0.05) is 18.2 Å². The van der Waals surface area contributed by atoms with E-state index in [1.54, 1.807) is 6.33 Å². The van der Waals surface area contributed by atoms with Gasteiger partial charge in [0.05, 0.1) is 6.54 Å². The molecule has 1 aliphatic rings. The van der Waals surface area contributed by atoms with Crippen LogP contribution in [-0.2, 0) is 0 Å². The summed E-state index contributed by atoms with van der Waals surface area (Å²) in [6.07, 6.45) is 4.12. The number of benzene rings is 1. The van der Waals surface area contributed by atoms with Gasteiger partial charge < -0.3 is 15.0 Å². The average Bonchev–Trinajstić information content (AvgIpc) is 3.08. The quantitative estimate of drug-likeness (QED) is 0.831. The predicted molar refractivity (Wildman–Crippen MR) is 88.6 cm³/mol. The van der Waals surface area contributed by atoms with Gasteiger partial charge in [0.25, 0.3) is 0 Å². The first kappa shape index (κ1) is 14.6. The van der Waals surface area contributed by atoms with E-state index in [0.29, 0.717) is 13.2 Å². The molecule has 5 heteroatoms. The number of ether oxygens (including phenoxy) is 1. The van der Waals surface area contributed by atoms with Gasteiger partial charge in [-0.05, 0) is 31.4 Å². The van der Waals surface area contributed by atoms with Crippen molar-refractivity contribution in [3.63, 3.8) is 0 Å². The Labute approximate surface area is 131 Å². The fourth-order valence-corrected chi connectivity index (χ4v) is 2.62. The summed E-state index contributed by atoms with van der Waals surface area (Å²) in [6.45, 7) is 5.55. The van der Waals surface area contributed by atoms with Crippen LogP contribution in [0, 0.1) is 6.92 Å². The molecular formula is C17H22N4O. The van der Waals surface area contributed by atoms with Gasteiger partial charge in [-0.3, -0.25) is 0 Å². The van der Waals surface area contributed by atoms with Crippen molar-refractivity contribution in [2.24, 2.45) is 0 Å². The molecule has 0 bridgehead atoms. The van der Waals surface area contributed by atoms with Crippen molar-refractivity contribution in [1.29, 1.82) is 0 Å². The third-order valence-corrected chi connectivity index (χ3v) is 3.84. The van der Waals surface area contributed by atoms with Crippen LogP contribution in [0.15, 0.2) is 36.7 Å². The smallest absolute Gasteiger partial charge is 0.134 e. The molecule has 1 fully saturated rings. The molecule has 5 nitrogen and oxygen atoms in total. The number of rotatable bonds is 6. The monoisotopic (exact) mass is 298 g/mol. The predicted octanol–water partition coefficient (Wildman–Crippen LogP) is 2.88. The van der Waals surface area contributed by atoms with Crippen LogP contribution in [0.1, 0.15) is 18.4 Å². The lowest BCUT2D eigenvalue weighted by Gasteiger charge is -2.16. The van der Waals surface area contributed by atoms with Gasteiger partial charge >= 0.3 is 0 Å². The lowest BCUT2D eigenvalue weighted by atomic mass is 10.2. The molecule has 0 unspecified atom stereocenters. The third kappa shape index (κ3) is 3.67. The van der Waals surface area contributed by atoms with E-state index >= 15 is 0 Å². The van der Waals surface area contributed by atoms with E-state index in [2.05, 4.69) is 33.2 Å². The van der Waals surface area contributed by atoms with E-state index in [-0.39, 0.29) is 0 Å². The first-order valence-corrected chi connectivity index (χ1v) is 7.82. The summed E-state index contributed by atoms with van der Waals surface area (Å²) in [4.78, 5) is 10.9. The first-order valence-electron chi connectivity index (χ1n) is 7.82. The molecule has 1 aliphatic heterocycles. The van der Waals surface area contributed by atoms with Gasteiger partial charge in [-0.2, -0.15) is 0 Å². The Hall–Kier alpha value is -2.30. The van der Waals surface area contributed by atoms with Crippen LogP contribution >= 0.6 is 0 Å². The van der Waals surface area contributed by atoms with E-state index < -0.39 is 0 Å². The molecule has 0 atom stereocenters. The standard InChI is InChI=1S/C17H22N4O/c1-14-6-2-3-7-15(14)22-11-8-18-16-12-17(20-13-19-16)21-9-4-5-10-21/h2-3,6-7,12-13H,4-5,8-11H2,1H3,(H,18,19,20). The lowest BCUT2D eigenvalue weighted by molar-refractivity contribution is 0.330. The molecule has 2 aromatic rings. The molecule has 1 aromatic carbocycles. The zero-order valence-corrected chi connectivity index (χ0v) is 13.0. The molecule has 2 heterocycles. The summed E-state index contributed by atoms with van der Waals surface area (Å²) in [6, 6.07) is 10.1. The molecule has 22 heavy (non-hydrogen) atoms. The zero-order chi connectivity index (χ0) is 15.2. The van der Waals surface area contributed by atoms with Crippen molar-refractivity contribution in [1.82, 2.24) is 9.97 Å². The van der Waals surface area contributed by atoms with Gasteiger partial charge in [0.1, 0.15) is 30.3 Å². The maximum atomic E-state index is 5.77. The Bertz CT molecular complexity index is 611. The molecule has 0 amide bonds. The number of hydrogen-bond donors (Lipinski definition) is 1. The molecule has 0 aliphatic carbocycles. The summed E-state index contributed by atoms with van der Waals surface area (Å²) in [5, 5.41) is 3.30. The SMILES string of the molecule is Cc1ccccc1OCCNc1cc(N2CCCC2)ncn1. The summed E-state index contributed by atoms with van der Waals surface area (Å²) in [5.74, 6) is 2.80. The molecule has 0 radical (unpaired) electrons. The summed E-state index contributed by atoms with van der Waals surface area (Å²) >= 11 is 0. The molecule has 0 spiro atoms. The van der Waals surface area contributed by atoms with Crippen LogP contribution in [0.2, 0.25) is 0 Å². The number of anilines is 2. The second kappa shape index (κ2) is 7.11. The average molecular weight is 298 g/mol. The zero-order valence-electron chi connectivity index (χ0n) is 13.0. The summed E-state index contributed by atoms with van der Waals surface area (Å²) in [5.41, 5.74) is 1.15. The summed E-state index contributed by atoms with van der Waals surface area (Å²) in [7, 11) is 0. The van der Waals surface area contributed by atoms with Crippen molar-refractivity contribution in [3.05, 3.63) is 42.2 Å². The van der Waals surface area contributed by atoms with Crippen LogP contribution < -0.4 is 15.0 Å². The van der Waals surface area contributed by atoms with Crippen LogP contribution in [0.25, 0.3) is 0 Å². The minimum atomic E-state index is 0.605. The second-order valence-corrected chi connectivity index (χ2v) is 5.50. The molecule has 1 saturated heterocycles. The Morgan fingerprint density at radius 3 is 2.82 bits per heavy atom. The van der Waals surface area contributed by atoms with Crippen molar-refractivity contribution in [2.45, 2.75) is 19.8 Å². The van der Waals surface area contributed by atoms with E-state index in [4.69, 9.17) is 4.74 Å². The lowest BCUT2D eigenvalue weighted by Crippen LogP contribution is -2.19. The highest BCUT2D eigenvalue weighted by molar-refractivity contribution is 5.48. The highest BCUT2D eigenvalue weighted by Gasteiger charge is 2.13. The van der Waals surface area contributed by atoms with Crippen molar-refractivity contribution in [3.8, 4) is 5.75 Å².